The highest BCUT2D eigenvalue weighted by Gasteiger charge is 1.91. The molecule has 0 spiro atoms. The van der Waals surface area contributed by atoms with Crippen molar-refractivity contribution in [2.24, 2.45) is 9.98 Å². The molecule has 1 N–H and O–H groups in total. The largest absolute Gasteiger partial charge is 0.338 e. The second-order valence-corrected chi connectivity index (χ2v) is 1.35. The lowest BCUT2D eigenvalue weighted by molar-refractivity contribution is 0.785. The molecule has 0 radical (unpaired) electrons. The first kappa shape index (κ1) is 4.30. The van der Waals surface area contributed by atoms with Crippen LogP contribution in [0.5, 0.6) is 0 Å². The molecule has 0 fully saturated rings. The molecule has 0 aromatic carbocycles. The van der Waals surface area contributed by atoms with Crippen molar-refractivity contribution < 1.29 is 0 Å². The highest BCUT2D eigenvalue weighted by molar-refractivity contribution is 5.76. The first-order valence-corrected chi connectivity index (χ1v) is 2.19. The van der Waals surface area contributed by atoms with Crippen molar-refractivity contribution in [3.05, 3.63) is 0 Å². The van der Waals surface area contributed by atoms with E-state index >= 15 is 0 Å². The van der Waals surface area contributed by atoms with Crippen LogP contribution in [-0.4, -0.2) is 18.8 Å². The molecule has 1 rings (SSSR count). The predicted molar refractivity (Wildman–Crippen MR) is 29.6 cm³/mol. The Morgan fingerprint density at radius 3 is 2.29 bits per heavy atom. The van der Waals surface area contributed by atoms with E-state index < -0.39 is 0 Å². The van der Waals surface area contributed by atoms with E-state index in [1.165, 1.54) is 0 Å². The van der Waals surface area contributed by atoms with Gasteiger partial charge in [-0.1, -0.05) is 0 Å². The average molecular weight is 97.1 g/mol. The summed E-state index contributed by atoms with van der Waals surface area (Å²) < 4.78 is 0. The summed E-state index contributed by atoms with van der Waals surface area (Å²) in [5, 5.41) is 2.73. The van der Waals surface area contributed by atoms with Crippen LogP contribution < -0.4 is 5.32 Å². The maximum absolute atomic E-state index is 3.90. The average Bonchev–Trinajstić information content (AvgIpc) is 1.69. The number of hydrogen-bond acceptors (Lipinski definition) is 3. The van der Waals surface area contributed by atoms with E-state index in [2.05, 4.69) is 15.3 Å². The minimum absolute atomic E-state index is 0.112. The highest BCUT2D eigenvalue weighted by atomic mass is 15.1. The molecule has 0 atom stereocenters. The second-order valence-electron chi connectivity index (χ2n) is 1.35. The fraction of sp³-hybridized carbons (Fsp3) is 0.500. The number of rotatable bonds is 0. The minimum Gasteiger partial charge on any atom is -0.338 e. The van der Waals surface area contributed by atoms with Gasteiger partial charge in [-0.25, -0.2) is 9.98 Å². The summed E-state index contributed by atoms with van der Waals surface area (Å²) in [4.78, 5) is 7.79. The summed E-state index contributed by atoms with van der Waals surface area (Å²) in [6, 6.07) is 0. The smallest absolute Gasteiger partial charge is 0.140 e. The van der Waals surface area contributed by atoms with E-state index in [0.29, 0.717) is 0 Å². The van der Waals surface area contributed by atoms with Crippen molar-refractivity contribution in [3.63, 3.8) is 0 Å². The fourth-order valence-corrected chi connectivity index (χ4v) is 0.374. The van der Waals surface area contributed by atoms with Gasteiger partial charge in [0, 0.05) is 0 Å². The van der Waals surface area contributed by atoms with Gasteiger partial charge in [-0.3, -0.25) is 0 Å². The molecule has 1 aliphatic rings. The Morgan fingerprint density at radius 2 is 2.00 bits per heavy atom. The van der Waals surface area contributed by atoms with E-state index in [0.717, 1.165) is 0 Å². The Hall–Kier alpha value is -0.860. The molecule has 7 heavy (non-hydrogen) atoms. The third-order valence-electron chi connectivity index (χ3n) is 0.730. The summed E-state index contributed by atoms with van der Waals surface area (Å²) in [7, 11) is 0. The molecule has 0 bridgehead atoms. The van der Waals surface area contributed by atoms with E-state index in [1.807, 2.05) is 6.92 Å². The summed E-state index contributed by atoms with van der Waals surface area (Å²) in [6.45, 7) is 1.92. The fourth-order valence-electron chi connectivity index (χ4n) is 0.374. The van der Waals surface area contributed by atoms with Gasteiger partial charge < -0.3 is 5.32 Å². The second kappa shape index (κ2) is 1.73. The van der Waals surface area contributed by atoms with E-state index in [-0.39, 0.29) is 6.17 Å². The van der Waals surface area contributed by atoms with Crippen LogP contribution in [0.1, 0.15) is 6.92 Å². The van der Waals surface area contributed by atoms with Crippen LogP contribution in [0.15, 0.2) is 9.98 Å². The summed E-state index contributed by atoms with van der Waals surface area (Å²) in [5.41, 5.74) is 0. The molecule has 0 saturated carbocycles. The number of hydrogen-bond donors (Lipinski definition) is 1. The van der Waals surface area contributed by atoms with Crippen molar-refractivity contribution >= 4 is 12.7 Å². The summed E-state index contributed by atoms with van der Waals surface area (Å²) in [5.74, 6) is 0. The van der Waals surface area contributed by atoms with Crippen LogP contribution in [-0.2, 0) is 0 Å². The highest BCUT2D eigenvalue weighted by Crippen LogP contribution is 1.88. The Kier molecular flexibility index (Phi) is 1.06. The molecular weight excluding hydrogens is 90.1 g/mol. The lowest BCUT2D eigenvalue weighted by Gasteiger charge is -2.01. The van der Waals surface area contributed by atoms with Gasteiger partial charge in [-0.05, 0) is 6.92 Å². The van der Waals surface area contributed by atoms with E-state index in [4.69, 9.17) is 0 Å². The molecule has 1 aliphatic heterocycles. The van der Waals surface area contributed by atoms with Gasteiger partial charge in [0.15, 0.2) is 0 Å². The topological polar surface area (TPSA) is 36.8 Å². The van der Waals surface area contributed by atoms with Gasteiger partial charge in [-0.2, -0.15) is 0 Å². The predicted octanol–water partition coefficient (Wildman–Crippen LogP) is -0.00780. The number of aliphatic imine (C=N–C) groups is 2. The van der Waals surface area contributed by atoms with Gasteiger partial charge >= 0.3 is 0 Å². The van der Waals surface area contributed by atoms with Gasteiger partial charge in [0.2, 0.25) is 0 Å². The Labute approximate surface area is 42.2 Å². The molecule has 1 heterocycles. The van der Waals surface area contributed by atoms with Gasteiger partial charge in [0.25, 0.3) is 0 Å². The molecule has 0 aliphatic carbocycles. The first-order valence-electron chi connectivity index (χ1n) is 2.19. The van der Waals surface area contributed by atoms with Crippen LogP contribution in [0, 0.1) is 0 Å². The maximum atomic E-state index is 3.90. The van der Waals surface area contributed by atoms with Crippen LogP contribution in [0.4, 0.5) is 0 Å². The zero-order valence-corrected chi connectivity index (χ0v) is 4.13. The zero-order valence-electron chi connectivity index (χ0n) is 4.13. The quantitative estimate of drug-likeness (QED) is 0.453. The van der Waals surface area contributed by atoms with Gasteiger partial charge in [0.05, 0.1) is 12.7 Å². The number of nitrogens with zero attached hydrogens (tertiary/aromatic N) is 2. The summed E-state index contributed by atoms with van der Waals surface area (Å²) >= 11 is 0. The van der Waals surface area contributed by atoms with Crippen molar-refractivity contribution in [2.75, 3.05) is 0 Å². The van der Waals surface area contributed by atoms with Crippen LogP contribution >= 0.6 is 0 Å². The molecule has 0 unspecified atom stereocenters. The normalized spacial score (nSPS) is 19.6. The molecular formula is C4H7N3. The van der Waals surface area contributed by atoms with Crippen molar-refractivity contribution in [3.8, 4) is 0 Å². The molecule has 3 nitrogen and oxygen atoms in total. The van der Waals surface area contributed by atoms with Crippen LogP contribution in [0.2, 0.25) is 0 Å². The van der Waals surface area contributed by atoms with Gasteiger partial charge in [-0.15, -0.1) is 0 Å². The Bertz CT molecular complexity index is 93.5. The van der Waals surface area contributed by atoms with E-state index in [9.17, 15) is 0 Å². The van der Waals surface area contributed by atoms with Crippen molar-refractivity contribution in [1.29, 1.82) is 0 Å². The monoisotopic (exact) mass is 97.1 g/mol. The number of nitrogens with one attached hydrogen (secondary N) is 1. The molecule has 0 aromatic heterocycles. The Morgan fingerprint density at radius 1 is 1.43 bits per heavy atom. The molecule has 38 valence electrons. The lowest BCUT2D eigenvalue weighted by atomic mass is 10.6. The van der Waals surface area contributed by atoms with Crippen LogP contribution in [0.25, 0.3) is 0 Å². The molecule has 0 amide bonds. The zero-order chi connectivity index (χ0) is 5.11. The first-order chi connectivity index (χ1) is 3.39. The molecule has 3 heteroatoms. The SMILES string of the molecule is CC1N=CNC=N1. The van der Waals surface area contributed by atoms with Gasteiger partial charge in [0.1, 0.15) is 6.17 Å². The van der Waals surface area contributed by atoms with Crippen molar-refractivity contribution in [1.82, 2.24) is 5.32 Å². The third kappa shape index (κ3) is 0.994. The maximum Gasteiger partial charge on any atom is 0.140 e. The Balaban J connectivity index is 2.49. The lowest BCUT2D eigenvalue weighted by Crippen LogP contribution is -2.15. The van der Waals surface area contributed by atoms with E-state index in [1.54, 1.807) is 12.7 Å². The van der Waals surface area contributed by atoms with Crippen LogP contribution in [0.3, 0.4) is 0 Å². The van der Waals surface area contributed by atoms with Crippen molar-refractivity contribution in [2.45, 2.75) is 13.1 Å². The minimum atomic E-state index is 0.112. The molecule has 0 saturated heterocycles. The summed E-state index contributed by atoms with van der Waals surface area (Å²) in [6.07, 6.45) is 3.39. The molecule has 0 aromatic rings. The third-order valence-corrected chi connectivity index (χ3v) is 0.730. The standard InChI is InChI=1S/C4H7N3/c1-4-6-2-5-3-7-4/h2-4H,1H3,(H,5,6,7).